The van der Waals surface area contributed by atoms with Gasteiger partial charge in [0.2, 0.25) is 0 Å². The number of rotatable bonds is 7. The number of hydrogen-bond acceptors (Lipinski definition) is 3. The van der Waals surface area contributed by atoms with Crippen LogP contribution in [0, 0.1) is 0 Å². The highest BCUT2D eigenvalue weighted by Crippen LogP contribution is 2.15. The van der Waals surface area contributed by atoms with Crippen molar-refractivity contribution in [3.8, 4) is 0 Å². The van der Waals surface area contributed by atoms with E-state index in [4.69, 9.17) is 10.8 Å². The molecule has 4 heteroatoms. The van der Waals surface area contributed by atoms with Crippen LogP contribution in [0.1, 0.15) is 28.8 Å². The Morgan fingerprint density at radius 1 is 1.38 bits per heavy atom. The summed E-state index contributed by atoms with van der Waals surface area (Å²) in [7, 11) is 0. The van der Waals surface area contributed by atoms with Crippen molar-refractivity contribution in [2.75, 3.05) is 12.3 Å². The van der Waals surface area contributed by atoms with Gasteiger partial charge >= 0.3 is 5.97 Å². The van der Waals surface area contributed by atoms with E-state index in [-0.39, 0.29) is 0 Å². The highest BCUT2D eigenvalue weighted by Gasteiger charge is 2.02. The number of carboxylic acids is 1. The lowest BCUT2D eigenvalue weighted by atomic mass is 10.1. The Balaban J connectivity index is 2.36. The minimum Gasteiger partial charge on any atom is -0.478 e. The van der Waals surface area contributed by atoms with Crippen molar-refractivity contribution in [3.63, 3.8) is 0 Å². The van der Waals surface area contributed by atoms with Gasteiger partial charge in [-0.1, -0.05) is 12.1 Å². The van der Waals surface area contributed by atoms with Gasteiger partial charge in [-0.3, -0.25) is 0 Å². The molecule has 0 radical (unpaired) electrons. The van der Waals surface area contributed by atoms with Gasteiger partial charge in [-0.25, -0.2) is 4.79 Å². The number of thioether (sulfide) groups is 1. The molecule has 88 valence electrons. The summed E-state index contributed by atoms with van der Waals surface area (Å²) in [4.78, 5) is 10.7. The SMILES string of the molecule is NCCCCSCc1cccc(C(=O)O)c1. The van der Waals surface area contributed by atoms with Crippen LogP contribution in [0.3, 0.4) is 0 Å². The molecule has 0 spiro atoms. The van der Waals surface area contributed by atoms with Crippen molar-refractivity contribution >= 4 is 17.7 Å². The molecule has 0 atom stereocenters. The molecular weight excluding hydrogens is 222 g/mol. The minimum atomic E-state index is -0.866. The maximum Gasteiger partial charge on any atom is 0.335 e. The second kappa shape index (κ2) is 7.30. The van der Waals surface area contributed by atoms with Crippen LogP contribution in [-0.4, -0.2) is 23.4 Å². The molecule has 0 amide bonds. The standard InChI is InChI=1S/C12H17NO2S/c13-6-1-2-7-16-9-10-4-3-5-11(8-10)12(14)15/h3-5,8H,1-2,6-7,9,13H2,(H,14,15). The Bertz CT molecular complexity index is 342. The van der Waals surface area contributed by atoms with Gasteiger partial charge in [0.15, 0.2) is 0 Å². The summed E-state index contributed by atoms with van der Waals surface area (Å²) in [5, 5.41) is 8.83. The van der Waals surface area contributed by atoms with Crippen LogP contribution >= 0.6 is 11.8 Å². The first-order valence-electron chi connectivity index (χ1n) is 5.34. The van der Waals surface area contributed by atoms with Crippen LogP contribution in [0.4, 0.5) is 0 Å². The van der Waals surface area contributed by atoms with E-state index in [1.165, 1.54) is 0 Å². The fraction of sp³-hybridized carbons (Fsp3) is 0.417. The van der Waals surface area contributed by atoms with Crippen LogP contribution in [0.5, 0.6) is 0 Å². The predicted octanol–water partition coefficient (Wildman–Crippen LogP) is 2.36. The van der Waals surface area contributed by atoms with Crippen molar-refractivity contribution in [3.05, 3.63) is 35.4 Å². The van der Waals surface area contributed by atoms with Crippen LogP contribution in [-0.2, 0) is 5.75 Å². The molecule has 1 aromatic carbocycles. The molecule has 0 aliphatic rings. The Labute approximate surface area is 100 Å². The highest BCUT2D eigenvalue weighted by molar-refractivity contribution is 7.98. The van der Waals surface area contributed by atoms with Gasteiger partial charge in [0.25, 0.3) is 0 Å². The third-order valence-corrected chi connectivity index (χ3v) is 3.30. The Morgan fingerprint density at radius 2 is 2.19 bits per heavy atom. The second-order valence-electron chi connectivity index (χ2n) is 3.55. The lowest BCUT2D eigenvalue weighted by Gasteiger charge is -2.02. The molecule has 1 rings (SSSR count). The van der Waals surface area contributed by atoms with Gasteiger partial charge in [0.1, 0.15) is 0 Å². The zero-order valence-electron chi connectivity index (χ0n) is 9.19. The minimum absolute atomic E-state index is 0.361. The van der Waals surface area contributed by atoms with E-state index in [0.717, 1.165) is 36.5 Å². The van der Waals surface area contributed by atoms with Gasteiger partial charge < -0.3 is 10.8 Å². The predicted molar refractivity (Wildman–Crippen MR) is 67.9 cm³/mol. The van der Waals surface area contributed by atoms with E-state index in [1.54, 1.807) is 18.2 Å². The zero-order chi connectivity index (χ0) is 11.8. The summed E-state index contributed by atoms with van der Waals surface area (Å²) in [6.07, 6.45) is 2.18. The van der Waals surface area contributed by atoms with Crippen molar-refractivity contribution in [2.24, 2.45) is 5.73 Å². The first-order valence-corrected chi connectivity index (χ1v) is 6.49. The van der Waals surface area contributed by atoms with Crippen LogP contribution in [0.15, 0.2) is 24.3 Å². The number of carbonyl (C=O) groups is 1. The lowest BCUT2D eigenvalue weighted by Crippen LogP contribution is -1.99. The molecule has 16 heavy (non-hydrogen) atoms. The summed E-state index contributed by atoms with van der Waals surface area (Å²) >= 11 is 1.82. The van der Waals surface area contributed by atoms with Crippen molar-refractivity contribution in [1.29, 1.82) is 0 Å². The number of carboxylic acid groups (broad SMARTS) is 1. The van der Waals surface area contributed by atoms with Gasteiger partial charge in [0.05, 0.1) is 5.56 Å². The maximum absolute atomic E-state index is 10.7. The molecule has 0 saturated carbocycles. The lowest BCUT2D eigenvalue weighted by molar-refractivity contribution is 0.0697. The summed E-state index contributed by atoms with van der Waals surface area (Å²) in [6, 6.07) is 7.10. The summed E-state index contributed by atoms with van der Waals surface area (Å²) in [5.41, 5.74) is 6.83. The molecule has 0 unspecified atom stereocenters. The van der Waals surface area contributed by atoms with Crippen LogP contribution < -0.4 is 5.73 Å². The number of benzene rings is 1. The zero-order valence-corrected chi connectivity index (χ0v) is 10.0. The van der Waals surface area contributed by atoms with Gasteiger partial charge in [-0.05, 0) is 42.8 Å². The van der Waals surface area contributed by atoms with E-state index >= 15 is 0 Å². The number of aromatic carboxylic acids is 1. The molecule has 3 nitrogen and oxygen atoms in total. The molecule has 1 aromatic rings. The summed E-state index contributed by atoms with van der Waals surface area (Å²) in [5.74, 6) is 1.08. The van der Waals surface area contributed by atoms with Gasteiger partial charge in [-0.2, -0.15) is 11.8 Å². The Hall–Kier alpha value is -1.00. The van der Waals surface area contributed by atoms with E-state index in [2.05, 4.69) is 0 Å². The monoisotopic (exact) mass is 239 g/mol. The molecule has 0 fully saturated rings. The number of hydrogen-bond donors (Lipinski definition) is 2. The van der Waals surface area contributed by atoms with Gasteiger partial charge in [-0.15, -0.1) is 0 Å². The fourth-order valence-electron chi connectivity index (χ4n) is 1.33. The molecule has 3 N–H and O–H groups in total. The first-order chi connectivity index (χ1) is 7.74. The average Bonchev–Trinajstić information content (AvgIpc) is 2.29. The molecule has 0 aliphatic carbocycles. The maximum atomic E-state index is 10.7. The fourth-order valence-corrected chi connectivity index (χ4v) is 2.30. The number of nitrogens with two attached hydrogens (primary N) is 1. The Kier molecular flexibility index (Phi) is 5.96. The van der Waals surface area contributed by atoms with Crippen molar-refractivity contribution in [2.45, 2.75) is 18.6 Å². The molecule has 0 aliphatic heterocycles. The molecule has 0 aromatic heterocycles. The molecular formula is C12H17NO2S. The molecule has 0 heterocycles. The average molecular weight is 239 g/mol. The smallest absolute Gasteiger partial charge is 0.335 e. The van der Waals surface area contributed by atoms with E-state index in [1.807, 2.05) is 17.8 Å². The number of unbranched alkanes of at least 4 members (excludes halogenated alkanes) is 1. The summed E-state index contributed by atoms with van der Waals surface area (Å²) in [6.45, 7) is 0.745. The topological polar surface area (TPSA) is 63.3 Å². The highest BCUT2D eigenvalue weighted by atomic mass is 32.2. The first kappa shape index (κ1) is 13.1. The van der Waals surface area contributed by atoms with Crippen molar-refractivity contribution < 1.29 is 9.90 Å². The quantitative estimate of drug-likeness (QED) is 0.717. The Morgan fingerprint density at radius 3 is 2.88 bits per heavy atom. The normalized spacial score (nSPS) is 10.3. The third kappa shape index (κ3) is 4.68. The van der Waals surface area contributed by atoms with Crippen molar-refractivity contribution in [1.82, 2.24) is 0 Å². The molecule has 0 bridgehead atoms. The van der Waals surface area contributed by atoms with Crippen LogP contribution in [0.25, 0.3) is 0 Å². The van der Waals surface area contributed by atoms with E-state index < -0.39 is 5.97 Å². The van der Waals surface area contributed by atoms with E-state index in [9.17, 15) is 4.79 Å². The van der Waals surface area contributed by atoms with Crippen LogP contribution in [0.2, 0.25) is 0 Å². The third-order valence-electron chi connectivity index (χ3n) is 2.19. The summed E-state index contributed by atoms with van der Waals surface area (Å²) < 4.78 is 0. The van der Waals surface area contributed by atoms with Gasteiger partial charge in [0, 0.05) is 5.75 Å². The second-order valence-corrected chi connectivity index (χ2v) is 4.66. The largest absolute Gasteiger partial charge is 0.478 e. The molecule has 0 saturated heterocycles. The van der Waals surface area contributed by atoms with E-state index in [0.29, 0.717) is 5.56 Å².